The van der Waals surface area contributed by atoms with Crippen molar-refractivity contribution in [3.63, 3.8) is 0 Å². The highest BCUT2D eigenvalue weighted by Crippen LogP contribution is 2.17. The molecule has 0 radical (unpaired) electrons. The normalized spacial score (nSPS) is 11.1. The molecule has 1 rings (SSSR count). The highest BCUT2D eigenvalue weighted by molar-refractivity contribution is 14.1. The first kappa shape index (κ1) is 11.5. The molecule has 0 atom stereocenters. The van der Waals surface area contributed by atoms with Crippen molar-refractivity contribution in [3.8, 4) is 0 Å². The summed E-state index contributed by atoms with van der Waals surface area (Å²) in [6, 6.07) is 8.82. The Morgan fingerprint density at radius 2 is 1.86 bits per heavy atom. The lowest BCUT2D eigenvalue weighted by Gasteiger charge is -2.21. The van der Waals surface area contributed by atoms with Gasteiger partial charge in [-0.2, -0.15) is 0 Å². The Morgan fingerprint density at radius 3 is 2.36 bits per heavy atom. The zero-order valence-corrected chi connectivity index (χ0v) is 10.1. The summed E-state index contributed by atoms with van der Waals surface area (Å²) in [5.74, 6) is -1.28. The van der Waals surface area contributed by atoms with Gasteiger partial charge in [-0.25, -0.2) is 4.79 Å². The molecule has 0 spiro atoms. The van der Waals surface area contributed by atoms with Gasteiger partial charge in [-0.15, -0.1) is 0 Å². The minimum atomic E-state index is -0.895. The maximum absolute atomic E-state index is 11.5. The summed E-state index contributed by atoms with van der Waals surface area (Å²) in [5, 5.41) is 0. The van der Waals surface area contributed by atoms with Crippen LogP contribution >= 0.6 is 23.0 Å². The van der Waals surface area contributed by atoms with E-state index in [0.717, 1.165) is 0 Å². The number of carbonyl (C=O) groups is 1. The lowest BCUT2D eigenvalue weighted by Crippen LogP contribution is -2.28. The van der Waals surface area contributed by atoms with Crippen LogP contribution in [0.1, 0.15) is 24.2 Å². The number of hydrogen-bond donors (Lipinski definition) is 0. The van der Waals surface area contributed by atoms with Crippen molar-refractivity contribution >= 4 is 29.0 Å². The Balaban J connectivity index is 2.69. The first-order chi connectivity index (χ1) is 6.55. The fourth-order valence-electron chi connectivity index (χ4n) is 0.872. The number of hydrogen-bond acceptors (Lipinski definition) is 3. The van der Waals surface area contributed by atoms with E-state index in [-0.39, 0.29) is 5.97 Å². The van der Waals surface area contributed by atoms with Crippen molar-refractivity contribution in [1.29, 1.82) is 0 Å². The van der Waals surface area contributed by atoms with Crippen LogP contribution in [0.15, 0.2) is 30.3 Å². The number of esters is 1. The predicted octanol–water partition coefficient (Wildman–Crippen LogP) is 2.95. The second-order valence-electron chi connectivity index (χ2n) is 3.23. The van der Waals surface area contributed by atoms with Gasteiger partial charge in [0.05, 0.1) is 5.56 Å². The summed E-state index contributed by atoms with van der Waals surface area (Å²) in [7, 11) is 0. The quantitative estimate of drug-likeness (QED) is 0.489. The summed E-state index contributed by atoms with van der Waals surface area (Å²) in [6.07, 6.45) is 0. The molecule has 14 heavy (non-hydrogen) atoms. The largest absolute Gasteiger partial charge is 0.429 e. The summed E-state index contributed by atoms with van der Waals surface area (Å²) in [4.78, 5) is 11.5. The molecular weight excluding hydrogens is 295 g/mol. The van der Waals surface area contributed by atoms with E-state index in [1.165, 1.54) is 0 Å². The number of halogens is 1. The van der Waals surface area contributed by atoms with Gasteiger partial charge in [0.25, 0.3) is 0 Å². The standard InChI is InChI=1S/C10H11IO3/c1-10(2,14-11)13-9(12)8-6-4-3-5-7-8/h3-7H,1-2H3. The van der Waals surface area contributed by atoms with E-state index in [1.54, 1.807) is 61.1 Å². The van der Waals surface area contributed by atoms with E-state index in [4.69, 9.17) is 7.80 Å². The molecule has 1 aromatic rings. The van der Waals surface area contributed by atoms with Crippen molar-refractivity contribution in [1.82, 2.24) is 0 Å². The third kappa shape index (κ3) is 3.26. The van der Waals surface area contributed by atoms with Gasteiger partial charge in [0.1, 0.15) is 23.0 Å². The van der Waals surface area contributed by atoms with Gasteiger partial charge < -0.3 is 4.74 Å². The molecule has 0 saturated heterocycles. The average Bonchev–Trinajstić information content (AvgIpc) is 2.19. The molecule has 0 bridgehead atoms. The molecule has 0 saturated carbocycles. The Labute approximate surface area is 97.1 Å². The SMILES string of the molecule is CC(C)(OI)OC(=O)c1ccccc1. The maximum Gasteiger partial charge on any atom is 0.340 e. The zero-order chi connectivity index (χ0) is 10.6. The molecule has 0 aliphatic rings. The highest BCUT2D eigenvalue weighted by Gasteiger charge is 2.23. The molecule has 76 valence electrons. The van der Waals surface area contributed by atoms with Crippen molar-refractivity contribution in [2.24, 2.45) is 0 Å². The maximum atomic E-state index is 11.5. The molecule has 0 fully saturated rings. The highest BCUT2D eigenvalue weighted by atomic mass is 127. The van der Waals surface area contributed by atoms with E-state index in [2.05, 4.69) is 0 Å². The van der Waals surface area contributed by atoms with E-state index in [0.29, 0.717) is 5.56 Å². The molecule has 0 aliphatic heterocycles. The molecule has 1 aromatic carbocycles. The Bertz CT molecular complexity index is 308. The van der Waals surface area contributed by atoms with Crippen molar-refractivity contribution in [3.05, 3.63) is 35.9 Å². The monoisotopic (exact) mass is 306 g/mol. The molecule has 3 nitrogen and oxygen atoms in total. The molecule has 0 unspecified atom stereocenters. The number of ether oxygens (including phenoxy) is 1. The van der Waals surface area contributed by atoms with Gasteiger partial charge in [0.2, 0.25) is 5.79 Å². The molecule has 0 aliphatic carbocycles. The van der Waals surface area contributed by atoms with Gasteiger partial charge in [0, 0.05) is 13.8 Å². The van der Waals surface area contributed by atoms with Gasteiger partial charge in [-0.1, -0.05) is 18.2 Å². The van der Waals surface area contributed by atoms with Crippen LogP contribution in [-0.2, 0) is 7.80 Å². The first-order valence-electron chi connectivity index (χ1n) is 4.13. The van der Waals surface area contributed by atoms with Crippen molar-refractivity contribution < 1.29 is 12.6 Å². The van der Waals surface area contributed by atoms with E-state index in [1.807, 2.05) is 6.07 Å². The lowest BCUT2D eigenvalue weighted by atomic mass is 10.2. The summed E-state index contributed by atoms with van der Waals surface area (Å²) in [5.41, 5.74) is 0.522. The van der Waals surface area contributed by atoms with Crippen LogP contribution in [0, 0.1) is 0 Å². The second kappa shape index (κ2) is 4.75. The van der Waals surface area contributed by atoms with Crippen LogP contribution in [0.5, 0.6) is 0 Å². The van der Waals surface area contributed by atoms with Gasteiger partial charge >= 0.3 is 5.97 Å². The van der Waals surface area contributed by atoms with E-state index < -0.39 is 5.79 Å². The Morgan fingerprint density at radius 1 is 1.29 bits per heavy atom. The van der Waals surface area contributed by atoms with Crippen LogP contribution in [-0.4, -0.2) is 11.8 Å². The number of rotatable bonds is 3. The van der Waals surface area contributed by atoms with Crippen molar-refractivity contribution in [2.45, 2.75) is 19.6 Å². The molecular formula is C10H11IO3. The van der Waals surface area contributed by atoms with Crippen LogP contribution in [0.2, 0.25) is 0 Å². The van der Waals surface area contributed by atoms with Gasteiger partial charge in [-0.05, 0) is 12.1 Å². The second-order valence-corrected chi connectivity index (χ2v) is 3.67. The van der Waals surface area contributed by atoms with Crippen molar-refractivity contribution in [2.75, 3.05) is 0 Å². The number of benzene rings is 1. The minimum Gasteiger partial charge on any atom is -0.429 e. The first-order valence-corrected chi connectivity index (χ1v) is 5.01. The molecule has 0 aromatic heterocycles. The van der Waals surface area contributed by atoms with Gasteiger partial charge in [-0.3, -0.25) is 3.07 Å². The van der Waals surface area contributed by atoms with Crippen LogP contribution in [0.25, 0.3) is 0 Å². The predicted molar refractivity (Wildman–Crippen MR) is 61.0 cm³/mol. The van der Waals surface area contributed by atoms with Crippen LogP contribution in [0.4, 0.5) is 0 Å². The third-order valence-electron chi connectivity index (χ3n) is 1.53. The van der Waals surface area contributed by atoms with Crippen LogP contribution in [0.3, 0.4) is 0 Å². The average molecular weight is 306 g/mol. The molecule has 0 heterocycles. The van der Waals surface area contributed by atoms with Crippen LogP contribution < -0.4 is 0 Å². The third-order valence-corrected chi connectivity index (χ3v) is 2.59. The number of carbonyl (C=O) groups excluding carboxylic acids is 1. The Hall–Kier alpha value is -0.620. The fraction of sp³-hybridized carbons (Fsp3) is 0.300. The molecule has 0 amide bonds. The smallest absolute Gasteiger partial charge is 0.340 e. The summed E-state index contributed by atoms with van der Waals surface area (Å²) in [6.45, 7) is 3.36. The summed E-state index contributed by atoms with van der Waals surface area (Å²) >= 11 is 1.71. The molecule has 4 heteroatoms. The minimum absolute atomic E-state index is 0.382. The van der Waals surface area contributed by atoms with E-state index in [9.17, 15) is 4.79 Å². The molecule has 0 N–H and O–H groups in total. The van der Waals surface area contributed by atoms with E-state index >= 15 is 0 Å². The lowest BCUT2D eigenvalue weighted by molar-refractivity contribution is -0.0924. The Kier molecular flexibility index (Phi) is 3.88. The topological polar surface area (TPSA) is 35.5 Å². The zero-order valence-electron chi connectivity index (χ0n) is 7.99. The van der Waals surface area contributed by atoms with Gasteiger partial charge in [0.15, 0.2) is 0 Å². The summed E-state index contributed by atoms with van der Waals surface area (Å²) < 4.78 is 10.1. The fourth-order valence-corrected chi connectivity index (χ4v) is 0.962.